The molecule has 3 aromatic carbocycles. The second-order valence-electron chi connectivity index (χ2n) is 7.19. The minimum absolute atomic E-state index is 0.0887. The molecule has 1 N–H and O–H groups in total. The molecule has 0 saturated carbocycles. The second-order valence-corrected chi connectivity index (χ2v) is 7.19. The van der Waals surface area contributed by atoms with Gasteiger partial charge in [0.05, 0.1) is 11.4 Å². The lowest BCUT2D eigenvalue weighted by atomic mass is 10.1. The maximum absolute atomic E-state index is 13.4. The SMILES string of the molecule is CCN(CC)CCN(C(=O)c1ccccc1)c1ccccc1NC(=O)c1ccccc1. The number of likely N-dealkylation sites (N-methyl/N-ethyl adjacent to an activating group) is 1. The molecule has 0 heterocycles. The van der Waals surface area contributed by atoms with Crippen LogP contribution in [0.3, 0.4) is 0 Å². The third-order valence-corrected chi connectivity index (χ3v) is 5.28. The standard InChI is InChI=1S/C26H29N3O2/c1-3-28(4-2)19-20-29(26(31)22-15-9-6-10-16-22)24-18-12-11-17-23(24)27-25(30)21-13-7-5-8-14-21/h5-18H,3-4,19-20H2,1-2H3,(H,27,30). The van der Waals surface area contributed by atoms with Gasteiger partial charge in [-0.2, -0.15) is 0 Å². The molecule has 3 rings (SSSR count). The molecule has 0 aromatic heterocycles. The van der Waals surface area contributed by atoms with E-state index in [2.05, 4.69) is 24.1 Å². The lowest BCUT2D eigenvalue weighted by Gasteiger charge is -2.28. The molecular formula is C26H29N3O2. The van der Waals surface area contributed by atoms with Gasteiger partial charge in [0.25, 0.3) is 11.8 Å². The summed E-state index contributed by atoms with van der Waals surface area (Å²) in [7, 11) is 0. The number of benzene rings is 3. The Morgan fingerprint density at radius 2 is 1.26 bits per heavy atom. The summed E-state index contributed by atoms with van der Waals surface area (Å²) in [5, 5.41) is 2.98. The first-order chi connectivity index (χ1) is 15.1. The van der Waals surface area contributed by atoms with Crippen molar-refractivity contribution in [3.63, 3.8) is 0 Å². The highest BCUT2D eigenvalue weighted by atomic mass is 16.2. The number of hydrogen-bond donors (Lipinski definition) is 1. The van der Waals surface area contributed by atoms with Gasteiger partial charge in [-0.15, -0.1) is 0 Å². The molecule has 0 saturated heterocycles. The van der Waals surface area contributed by atoms with Crippen molar-refractivity contribution in [2.24, 2.45) is 0 Å². The summed E-state index contributed by atoms with van der Waals surface area (Å²) in [4.78, 5) is 30.2. The zero-order valence-corrected chi connectivity index (χ0v) is 18.1. The molecule has 0 fully saturated rings. The van der Waals surface area contributed by atoms with Gasteiger partial charge < -0.3 is 15.1 Å². The van der Waals surface area contributed by atoms with E-state index in [0.29, 0.717) is 29.0 Å². The number of carbonyl (C=O) groups is 2. The number of anilines is 2. The van der Waals surface area contributed by atoms with Crippen molar-refractivity contribution in [2.45, 2.75) is 13.8 Å². The second kappa shape index (κ2) is 11.1. The van der Waals surface area contributed by atoms with Gasteiger partial charge in [0.15, 0.2) is 0 Å². The number of para-hydroxylation sites is 2. The van der Waals surface area contributed by atoms with Crippen molar-refractivity contribution in [1.29, 1.82) is 0 Å². The minimum Gasteiger partial charge on any atom is -0.320 e. The van der Waals surface area contributed by atoms with Crippen molar-refractivity contribution in [3.05, 3.63) is 96.1 Å². The molecule has 3 aromatic rings. The largest absolute Gasteiger partial charge is 0.320 e. The van der Waals surface area contributed by atoms with Crippen LogP contribution in [0.25, 0.3) is 0 Å². The fraction of sp³-hybridized carbons (Fsp3) is 0.231. The van der Waals surface area contributed by atoms with E-state index >= 15 is 0 Å². The molecule has 0 aliphatic heterocycles. The Kier molecular flexibility index (Phi) is 7.96. The first-order valence-corrected chi connectivity index (χ1v) is 10.7. The molecule has 160 valence electrons. The van der Waals surface area contributed by atoms with Crippen molar-refractivity contribution in [1.82, 2.24) is 4.90 Å². The average molecular weight is 416 g/mol. The Hall–Kier alpha value is -3.44. The van der Waals surface area contributed by atoms with Gasteiger partial charge in [-0.1, -0.05) is 62.4 Å². The van der Waals surface area contributed by atoms with Gasteiger partial charge in [0, 0.05) is 24.2 Å². The summed E-state index contributed by atoms with van der Waals surface area (Å²) >= 11 is 0. The minimum atomic E-state index is -0.205. The number of hydrogen-bond acceptors (Lipinski definition) is 3. The van der Waals surface area contributed by atoms with Crippen LogP contribution in [0, 0.1) is 0 Å². The van der Waals surface area contributed by atoms with E-state index in [4.69, 9.17) is 0 Å². The van der Waals surface area contributed by atoms with Crippen LogP contribution in [-0.2, 0) is 0 Å². The van der Waals surface area contributed by atoms with E-state index in [9.17, 15) is 9.59 Å². The third-order valence-electron chi connectivity index (χ3n) is 5.28. The number of amides is 2. The monoisotopic (exact) mass is 415 g/mol. The molecule has 31 heavy (non-hydrogen) atoms. The van der Waals surface area contributed by atoms with Crippen LogP contribution < -0.4 is 10.2 Å². The highest BCUT2D eigenvalue weighted by Gasteiger charge is 2.21. The lowest BCUT2D eigenvalue weighted by Crippen LogP contribution is -2.39. The number of nitrogens with one attached hydrogen (secondary N) is 1. The molecule has 0 aliphatic carbocycles. The highest BCUT2D eigenvalue weighted by molar-refractivity contribution is 6.11. The number of carbonyl (C=O) groups excluding carboxylic acids is 2. The van der Waals surface area contributed by atoms with Crippen molar-refractivity contribution in [3.8, 4) is 0 Å². The van der Waals surface area contributed by atoms with E-state index in [0.717, 1.165) is 19.6 Å². The average Bonchev–Trinajstić information content (AvgIpc) is 2.83. The fourth-order valence-electron chi connectivity index (χ4n) is 3.45. The van der Waals surface area contributed by atoms with Gasteiger partial charge in [-0.05, 0) is 49.5 Å². The zero-order chi connectivity index (χ0) is 22.1. The predicted octanol–water partition coefficient (Wildman–Crippen LogP) is 4.93. The maximum atomic E-state index is 13.4. The molecule has 0 atom stereocenters. The van der Waals surface area contributed by atoms with Crippen LogP contribution in [0.1, 0.15) is 34.6 Å². The van der Waals surface area contributed by atoms with E-state index < -0.39 is 0 Å². The first kappa shape index (κ1) is 22.2. The van der Waals surface area contributed by atoms with Crippen LogP contribution >= 0.6 is 0 Å². The van der Waals surface area contributed by atoms with E-state index in [1.807, 2.05) is 72.8 Å². The fourth-order valence-corrected chi connectivity index (χ4v) is 3.45. The smallest absolute Gasteiger partial charge is 0.258 e. The van der Waals surface area contributed by atoms with E-state index in [-0.39, 0.29) is 11.8 Å². The summed E-state index contributed by atoms with van der Waals surface area (Å²) in [6.07, 6.45) is 0. The third kappa shape index (κ3) is 5.80. The quantitative estimate of drug-likeness (QED) is 0.539. The molecule has 0 radical (unpaired) electrons. The number of rotatable bonds is 9. The molecule has 0 unspecified atom stereocenters. The van der Waals surface area contributed by atoms with Gasteiger partial charge >= 0.3 is 0 Å². The van der Waals surface area contributed by atoms with Gasteiger partial charge in [0.1, 0.15) is 0 Å². The molecule has 0 spiro atoms. The Labute approximate surface area is 184 Å². The molecular weight excluding hydrogens is 386 g/mol. The summed E-state index contributed by atoms with van der Waals surface area (Å²) in [6, 6.07) is 25.8. The Balaban J connectivity index is 1.92. The van der Waals surface area contributed by atoms with Crippen LogP contribution in [-0.4, -0.2) is 42.9 Å². The van der Waals surface area contributed by atoms with E-state index in [1.54, 1.807) is 17.0 Å². The Morgan fingerprint density at radius 3 is 1.87 bits per heavy atom. The highest BCUT2D eigenvalue weighted by Crippen LogP contribution is 2.28. The molecule has 0 aliphatic rings. The van der Waals surface area contributed by atoms with Gasteiger partial charge in [-0.3, -0.25) is 9.59 Å². The topological polar surface area (TPSA) is 52.6 Å². The van der Waals surface area contributed by atoms with Gasteiger partial charge in [0.2, 0.25) is 0 Å². The number of nitrogens with zero attached hydrogens (tertiary/aromatic N) is 2. The Morgan fingerprint density at radius 1 is 0.710 bits per heavy atom. The first-order valence-electron chi connectivity index (χ1n) is 10.7. The lowest BCUT2D eigenvalue weighted by molar-refractivity contribution is 0.0981. The van der Waals surface area contributed by atoms with Crippen LogP contribution in [0.2, 0.25) is 0 Å². The van der Waals surface area contributed by atoms with Crippen molar-refractivity contribution in [2.75, 3.05) is 36.4 Å². The summed E-state index contributed by atoms with van der Waals surface area (Å²) in [5.74, 6) is -0.293. The zero-order valence-electron chi connectivity index (χ0n) is 18.1. The van der Waals surface area contributed by atoms with Crippen molar-refractivity contribution >= 4 is 23.2 Å². The molecule has 5 heteroatoms. The summed E-state index contributed by atoms with van der Waals surface area (Å²) in [6.45, 7) is 7.31. The molecule has 5 nitrogen and oxygen atoms in total. The summed E-state index contributed by atoms with van der Waals surface area (Å²) in [5.41, 5.74) is 2.49. The van der Waals surface area contributed by atoms with Crippen LogP contribution in [0.5, 0.6) is 0 Å². The van der Waals surface area contributed by atoms with Gasteiger partial charge in [-0.25, -0.2) is 0 Å². The van der Waals surface area contributed by atoms with Crippen LogP contribution in [0.4, 0.5) is 11.4 Å². The molecule has 2 amide bonds. The Bertz CT molecular complexity index is 986. The maximum Gasteiger partial charge on any atom is 0.258 e. The normalized spacial score (nSPS) is 10.7. The predicted molar refractivity (Wildman–Crippen MR) is 127 cm³/mol. The van der Waals surface area contributed by atoms with Crippen LogP contribution in [0.15, 0.2) is 84.9 Å². The van der Waals surface area contributed by atoms with Crippen molar-refractivity contribution < 1.29 is 9.59 Å². The van der Waals surface area contributed by atoms with E-state index in [1.165, 1.54) is 0 Å². The molecule has 0 bridgehead atoms. The summed E-state index contributed by atoms with van der Waals surface area (Å²) < 4.78 is 0.